The van der Waals surface area contributed by atoms with E-state index in [1.165, 1.54) is 4.91 Å². The molecule has 4 nitrogen and oxygen atoms in total. The molecule has 0 heterocycles. The van der Waals surface area contributed by atoms with E-state index in [4.69, 9.17) is 4.84 Å². The summed E-state index contributed by atoms with van der Waals surface area (Å²) in [7, 11) is 0. The summed E-state index contributed by atoms with van der Waals surface area (Å²) in [5.41, 5.74) is 2.64. The second-order valence-electron chi connectivity index (χ2n) is 8.53. The van der Waals surface area contributed by atoms with Gasteiger partial charge in [0.2, 0.25) is 0 Å². The molecule has 0 radical (unpaired) electrons. The molecule has 0 bridgehead atoms. The first-order chi connectivity index (χ1) is 16.5. The Bertz CT molecular complexity index is 1070. The van der Waals surface area contributed by atoms with Gasteiger partial charge in [0.25, 0.3) is 0 Å². The zero-order valence-electron chi connectivity index (χ0n) is 20.1. The third-order valence-electron chi connectivity index (χ3n) is 5.57. The maximum absolute atomic E-state index is 13.0. The number of rotatable bonds is 12. The largest absolute Gasteiger partial charge is 0.365 e. The number of carbonyl (C=O) groups is 2. The fraction of sp³-hybridized carbons (Fsp3) is 0.345. The summed E-state index contributed by atoms with van der Waals surface area (Å²) < 4.78 is 0. The molecule has 0 aromatic heterocycles. The van der Waals surface area contributed by atoms with Crippen molar-refractivity contribution in [2.45, 2.75) is 70.1 Å². The topological polar surface area (TPSA) is 55.7 Å². The highest BCUT2D eigenvalue weighted by molar-refractivity contribution is 8.03. The van der Waals surface area contributed by atoms with Crippen LogP contribution in [0.2, 0.25) is 0 Å². The zero-order chi connectivity index (χ0) is 24.2. The predicted molar refractivity (Wildman–Crippen MR) is 140 cm³/mol. The van der Waals surface area contributed by atoms with Crippen LogP contribution in [0.4, 0.5) is 0 Å². The molecule has 178 valence electrons. The Kier molecular flexibility index (Phi) is 10.4. The molecule has 0 N–H and O–H groups in total. The van der Waals surface area contributed by atoms with Crippen LogP contribution in [-0.2, 0) is 16.1 Å². The number of thioether (sulfide) groups is 1. The number of nitrogens with zero attached hydrogens (tertiary/aromatic N) is 1. The van der Waals surface area contributed by atoms with Crippen LogP contribution in [0.5, 0.6) is 0 Å². The molecule has 0 unspecified atom stereocenters. The van der Waals surface area contributed by atoms with E-state index in [-0.39, 0.29) is 12.2 Å². The molecule has 0 aliphatic heterocycles. The molecule has 3 rings (SSSR count). The Morgan fingerprint density at radius 2 is 1.85 bits per heavy atom. The van der Waals surface area contributed by atoms with Crippen LogP contribution in [0.25, 0.3) is 0 Å². The quantitative estimate of drug-likeness (QED) is 0.137. The highest BCUT2D eigenvalue weighted by Gasteiger charge is 2.16. The monoisotopic (exact) mass is 475 g/mol. The van der Waals surface area contributed by atoms with E-state index < -0.39 is 5.97 Å². The average molecular weight is 476 g/mol. The summed E-state index contributed by atoms with van der Waals surface area (Å²) in [6, 6.07) is 15.2. The van der Waals surface area contributed by atoms with Gasteiger partial charge in [-0.05, 0) is 62.4 Å². The Balaban J connectivity index is 1.64. The zero-order valence-corrected chi connectivity index (χ0v) is 20.9. The lowest BCUT2D eigenvalue weighted by molar-refractivity contribution is -0.112. The standard InChI is InChI=1S/C29H33NO3S/c1-3-4-5-9-15-27(30-33-29(32)24-12-10-11-22(2)20-24)28(31)21-23-16-18-26(19-17-23)34-25-13-7-6-8-14-25/h7,10-14,16-20H,3-6,8-9,15,21H2,1-2H3/b30-27-. The van der Waals surface area contributed by atoms with Crippen molar-refractivity contribution >= 4 is 29.2 Å². The molecule has 1 aliphatic rings. The molecule has 0 saturated heterocycles. The summed E-state index contributed by atoms with van der Waals surface area (Å²) in [4.78, 5) is 33.0. The van der Waals surface area contributed by atoms with E-state index in [1.54, 1.807) is 30.0 Å². The minimum absolute atomic E-state index is 0.105. The van der Waals surface area contributed by atoms with Crippen LogP contribution in [0.3, 0.4) is 0 Å². The fourth-order valence-corrected chi connectivity index (χ4v) is 4.55. The van der Waals surface area contributed by atoms with Crippen molar-refractivity contribution in [3.05, 3.63) is 88.4 Å². The van der Waals surface area contributed by atoms with Crippen molar-refractivity contribution in [1.29, 1.82) is 0 Å². The van der Waals surface area contributed by atoms with Crippen molar-refractivity contribution < 1.29 is 14.4 Å². The number of hydrogen-bond donors (Lipinski definition) is 0. The van der Waals surface area contributed by atoms with E-state index in [1.807, 2.05) is 37.3 Å². The van der Waals surface area contributed by atoms with Crippen molar-refractivity contribution in [1.82, 2.24) is 0 Å². The van der Waals surface area contributed by atoms with Crippen LogP contribution in [0, 0.1) is 6.92 Å². The van der Waals surface area contributed by atoms with Crippen LogP contribution in [0.15, 0.2) is 81.7 Å². The highest BCUT2D eigenvalue weighted by atomic mass is 32.2. The number of ketones is 1. The fourth-order valence-electron chi connectivity index (χ4n) is 3.64. The van der Waals surface area contributed by atoms with Gasteiger partial charge in [-0.2, -0.15) is 0 Å². The molecule has 0 amide bonds. The van der Waals surface area contributed by atoms with E-state index >= 15 is 0 Å². The van der Waals surface area contributed by atoms with Crippen molar-refractivity contribution in [2.75, 3.05) is 0 Å². The smallest absolute Gasteiger partial charge is 0.312 e. The summed E-state index contributed by atoms with van der Waals surface area (Å²) in [6.07, 6.45) is 13.6. The number of allylic oxidation sites excluding steroid dienone is 3. The number of hydrogen-bond acceptors (Lipinski definition) is 5. The van der Waals surface area contributed by atoms with Gasteiger partial charge in [-0.1, -0.05) is 91.2 Å². The first kappa shape index (κ1) is 25.7. The second-order valence-corrected chi connectivity index (χ2v) is 9.68. The number of unbranched alkanes of at least 4 members (excludes halogenated alkanes) is 3. The number of Topliss-reactive ketones (excluding diaryl/α,β-unsaturated/α-hetero) is 1. The summed E-state index contributed by atoms with van der Waals surface area (Å²) in [5, 5.41) is 4.02. The molecule has 2 aromatic rings. The van der Waals surface area contributed by atoms with E-state index in [9.17, 15) is 9.59 Å². The van der Waals surface area contributed by atoms with Gasteiger partial charge in [-0.15, -0.1) is 0 Å². The molecular formula is C29H33NO3S. The van der Waals surface area contributed by atoms with Gasteiger partial charge in [0.15, 0.2) is 5.78 Å². The second kappa shape index (κ2) is 13.7. The van der Waals surface area contributed by atoms with E-state index in [0.29, 0.717) is 17.7 Å². The minimum Gasteiger partial charge on any atom is -0.312 e. The van der Waals surface area contributed by atoms with Gasteiger partial charge in [-0.25, -0.2) is 4.79 Å². The van der Waals surface area contributed by atoms with Crippen LogP contribution in [-0.4, -0.2) is 17.5 Å². The molecular weight excluding hydrogens is 442 g/mol. The van der Waals surface area contributed by atoms with E-state index in [0.717, 1.165) is 54.5 Å². The van der Waals surface area contributed by atoms with Gasteiger partial charge in [0.05, 0.1) is 5.56 Å². The normalized spacial score (nSPS) is 13.5. The number of carbonyl (C=O) groups excluding carboxylic acids is 2. The van der Waals surface area contributed by atoms with Gasteiger partial charge < -0.3 is 4.84 Å². The Morgan fingerprint density at radius 1 is 1.03 bits per heavy atom. The highest BCUT2D eigenvalue weighted by Crippen LogP contribution is 2.30. The lowest BCUT2D eigenvalue weighted by Gasteiger charge is -2.08. The number of benzene rings is 2. The molecule has 0 saturated carbocycles. The molecule has 0 spiro atoms. The van der Waals surface area contributed by atoms with Crippen LogP contribution in [0.1, 0.15) is 73.4 Å². The lowest BCUT2D eigenvalue weighted by Crippen LogP contribution is -2.18. The molecule has 1 aliphatic carbocycles. The van der Waals surface area contributed by atoms with Crippen molar-refractivity contribution in [2.24, 2.45) is 5.16 Å². The number of aryl methyl sites for hydroxylation is 1. The maximum atomic E-state index is 13.0. The molecule has 5 heteroatoms. The first-order valence-corrected chi connectivity index (χ1v) is 12.9. The SMILES string of the molecule is CCCCCC/C(=N/OC(=O)c1cccc(C)c1)C(=O)Cc1ccc(SC2=CCCC=C2)cc1. The molecule has 34 heavy (non-hydrogen) atoms. The van der Waals surface area contributed by atoms with Gasteiger partial charge in [-0.3, -0.25) is 4.79 Å². The summed E-state index contributed by atoms with van der Waals surface area (Å²) in [6.45, 7) is 4.06. The Hall–Kier alpha value is -2.92. The third-order valence-corrected chi connectivity index (χ3v) is 6.61. The van der Waals surface area contributed by atoms with Crippen molar-refractivity contribution in [3.63, 3.8) is 0 Å². The van der Waals surface area contributed by atoms with Gasteiger partial charge in [0, 0.05) is 16.2 Å². The van der Waals surface area contributed by atoms with Crippen molar-refractivity contribution in [3.8, 4) is 0 Å². The average Bonchev–Trinajstić information content (AvgIpc) is 2.85. The maximum Gasteiger partial charge on any atom is 0.365 e. The Labute approximate surface area is 207 Å². The van der Waals surface area contributed by atoms with Crippen LogP contribution < -0.4 is 0 Å². The lowest BCUT2D eigenvalue weighted by atomic mass is 10.0. The molecule has 0 atom stereocenters. The molecule has 0 fully saturated rings. The predicted octanol–water partition coefficient (Wildman–Crippen LogP) is 7.62. The molecule has 2 aromatic carbocycles. The van der Waals surface area contributed by atoms with Gasteiger partial charge in [0.1, 0.15) is 5.71 Å². The number of oxime groups is 1. The summed E-state index contributed by atoms with van der Waals surface area (Å²) >= 11 is 1.73. The first-order valence-electron chi connectivity index (χ1n) is 12.1. The van der Waals surface area contributed by atoms with E-state index in [2.05, 4.69) is 30.3 Å². The Morgan fingerprint density at radius 3 is 2.56 bits per heavy atom. The summed E-state index contributed by atoms with van der Waals surface area (Å²) in [5.74, 6) is -0.651. The van der Waals surface area contributed by atoms with Gasteiger partial charge >= 0.3 is 5.97 Å². The van der Waals surface area contributed by atoms with Crippen LogP contribution >= 0.6 is 11.8 Å². The third kappa shape index (κ3) is 8.45. The minimum atomic E-state index is -0.546.